The summed E-state index contributed by atoms with van der Waals surface area (Å²) in [5.74, 6) is -0.956. The van der Waals surface area contributed by atoms with Gasteiger partial charge in [-0.3, -0.25) is 14.4 Å². The van der Waals surface area contributed by atoms with Crippen molar-refractivity contribution >= 4 is 35.8 Å². The number of hydrogen-bond donors (Lipinski definition) is 3. The van der Waals surface area contributed by atoms with Gasteiger partial charge in [-0.05, 0) is 24.5 Å². The molecule has 1 aromatic rings. The number of rotatable bonds is 4. The molecule has 0 aliphatic carbocycles. The number of piperidine rings is 1. The van der Waals surface area contributed by atoms with Crippen LogP contribution in [0.4, 0.5) is 5.69 Å². The van der Waals surface area contributed by atoms with E-state index < -0.39 is 5.92 Å². The van der Waals surface area contributed by atoms with Gasteiger partial charge in [0.25, 0.3) is 0 Å². The number of amides is 3. The molecular formula is C18H25ClN4O3. The molecule has 142 valence electrons. The van der Waals surface area contributed by atoms with Crippen LogP contribution in [-0.4, -0.2) is 48.8 Å². The van der Waals surface area contributed by atoms with Gasteiger partial charge in [-0.1, -0.05) is 18.2 Å². The predicted octanol–water partition coefficient (Wildman–Crippen LogP) is 0.848. The van der Waals surface area contributed by atoms with E-state index in [9.17, 15) is 14.4 Å². The third-order valence-corrected chi connectivity index (χ3v) is 4.85. The molecule has 1 aromatic carbocycles. The summed E-state index contributed by atoms with van der Waals surface area (Å²) in [4.78, 5) is 38.9. The first-order valence-electron chi connectivity index (χ1n) is 8.75. The molecule has 1 saturated heterocycles. The molecule has 1 fully saturated rings. The highest BCUT2D eigenvalue weighted by molar-refractivity contribution is 6.01. The van der Waals surface area contributed by atoms with Crippen molar-refractivity contribution in [1.29, 1.82) is 0 Å². The Morgan fingerprint density at radius 1 is 1.31 bits per heavy atom. The number of para-hydroxylation sites is 1. The fourth-order valence-electron chi connectivity index (χ4n) is 3.58. The van der Waals surface area contributed by atoms with E-state index in [2.05, 4.69) is 10.6 Å². The van der Waals surface area contributed by atoms with Crippen molar-refractivity contribution in [3.63, 3.8) is 0 Å². The number of anilines is 1. The van der Waals surface area contributed by atoms with Gasteiger partial charge in [0.2, 0.25) is 17.7 Å². The van der Waals surface area contributed by atoms with E-state index in [-0.39, 0.29) is 42.5 Å². The number of nitrogens with one attached hydrogen (secondary N) is 2. The number of carbonyl (C=O) groups excluding carboxylic acids is 3. The first-order valence-corrected chi connectivity index (χ1v) is 8.75. The fraction of sp³-hybridized carbons (Fsp3) is 0.500. The van der Waals surface area contributed by atoms with Crippen LogP contribution >= 0.6 is 12.4 Å². The van der Waals surface area contributed by atoms with Crippen LogP contribution in [0.5, 0.6) is 0 Å². The molecule has 2 aliphatic heterocycles. The van der Waals surface area contributed by atoms with Crippen molar-refractivity contribution < 1.29 is 14.4 Å². The van der Waals surface area contributed by atoms with E-state index in [4.69, 9.17) is 5.73 Å². The molecule has 2 aliphatic rings. The van der Waals surface area contributed by atoms with Gasteiger partial charge >= 0.3 is 0 Å². The Labute approximate surface area is 159 Å². The number of nitrogens with two attached hydrogens (primary N) is 1. The van der Waals surface area contributed by atoms with E-state index in [1.54, 1.807) is 4.90 Å². The van der Waals surface area contributed by atoms with Gasteiger partial charge in [0, 0.05) is 38.3 Å². The summed E-state index contributed by atoms with van der Waals surface area (Å²) in [5.41, 5.74) is 6.97. The molecule has 4 N–H and O–H groups in total. The fourth-order valence-corrected chi connectivity index (χ4v) is 3.58. The second-order valence-electron chi connectivity index (χ2n) is 6.60. The minimum Gasteiger partial charge on any atom is -0.355 e. The topological polar surface area (TPSA) is 105 Å². The van der Waals surface area contributed by atoms with Crippen molar-refractivity contribution in [2.24, 2.45) is 11.7 Å². The molecule has 0 radical (unpaired) electrons. The lowest BCUT2D eigenvalue weighted by atomic mass is 9.88. The first-order chi connectivity index (χ1) is 12.1. The lowest BCUT2D eigenvalue weighted by Crippen LogP contribution is -2.48. The van der Waals surface area contributed by atoms with Crippen LogP contribution in [0.3, 0.4) is 0 Å². The summed E-state index contributed by atoms with van der Waals surface area (Å²) in [5, 5.41) is 5.61. The number of likely N-dealkylation sites (tertiary alicyclic amines) is 1. The monoisotopic (exact) mass is 380 g/mol. The van der Waals surface area contributed by atoms with Crippen LogP contribution in [0.25, 0.3) is 0 Å². The van der Waals surface area contributed by atoms with Crippen LogP contribution in [0, 0.1) is 5.92 Å². The lowest BCUT2D eigenvalue weighted by Gasteiger charge is -2.35. The summed E-state index contributed by atoms with van der Waals surface area (Å²) in [6.07, 6.45) is 1.70. The Balaban J connectivity index is 0.00000243. The van der Waals surface area contributed by atoms with E-state index >= 15 is 0 Å². The third kappa shape index (κ3) is 4.34. The van der Waals surface area contributed by atoms with Crippen LogP contribution in [-0.2, 0) is 14.4 Å². The van der Waals surface area contributed by atoms with Crippen LogP contribution < -0.4 is 16.4 Å². The molecule has 26 heavy (non-hydrogen) atoms. The standard InChI is InChI=1S/C18H24N4O3.ClH/c19-7-8-20-17(24)12-4-3-9-22(11-12)18(25)14-10-16(23)21-15-6-2-1-5-13(14)15;/h1-2,5-6,12,14H,3-4,7-11,19H2,(H,20,24)(H,21,23);1H. The molecule has 2 unspecified atom stereocenters. The number of hydrogen-bond acceptors (Lipinski definition) is 4. The zero-order chi connectivity index (χ0) is 17.8. The van der Waals surface area contributed by atoms with Crippen molar-refractivity contribution in [3.05, 3.63) is 29.8 Å². The Kier molecular flexibility index (Phi) is 6.99. The first kappa shape index (κ1) is 20.2. The zero-order valence-electron chi connectivity index (χ0n) is 14.6. The lowest BCUT2D eigenvalue weighted by molar-refractivity contribution is -0.138. The largest absolute Gasteiger partial charge is 0.355 e. The molecule has 7 nitrogen and oxygen atoms in total. The van der Waals surface area contributed by atoms with Crippen molar-refractivity contribution in [1.82, 2.24) is 10.2 Å². The summed E-state index contributed by atoms with van der Waals surface area (Å²) >= 11 is 0. The van der Waals surface area contributed by atoms with E-state index in [1.807, 2.05) is 24.3 Å². The second kappa shape index (κ2) is 9.00. The van der Waals surface area contributed by atoms with E-state index in [0.717, 1.165) is 18.4 Å². The minimum atomic E-state index is -0.476. The maximum absolute atomic E-state index is 13.0. The molecule has 3 rings (SSSR count). The van der Waals surface area contributed by atoms with Crippen LogP contribution in [0.2, 0.25) is 0 Å². The van der Waals surface area contributed by atoms with Crippen molar-refractivity contribution in [2.75, 3.05) is 31.5 Å². The summed E-state index contributed by atoms with van der Waals surface area (Å²) in [7, 11) is 0. The molecule has 2 atom stereocenters. The van der Waals surface area contributed by atoms with Gasteiger partial charge in [-0.25, -0.2) is 0 Å². The normalized spacial score (nSPS) is 21.9. The SMILES string of the molecule is Cl.NCCNC(=O)C1CCCN(C(=O)C2CC(=O)Nc3ccccc32)C1. The second-order valence-corrected chi connectivity index (χ2v) is 6.60. The highest BCUT2D eigenvalue weighted by atomic mass is 35.5. The van der Waals surface area contributed by atoms with Gasteiger partial charge in [0.15, 0.2) is 0 Å². The average Bonchev–Trinajstić information content (AvgIpc) is 2.64. The van der Waals surface area contributed by atoms with Crippen LogP contribution in [0.1, 0.15) is 30.7 Å². The minimum absolute atomic E-state index is 0. The Hall–Kier alpha value is -2.12. The van der Waals surface area contributed by atoms with Crippen LogP contribution in [0.15, 0.2) is 24.3 Å². The number of carbonyl (C=O) groups is 3. The Morgan fingerprint density at radius 2 is 2.08 bits per heavy atom. The molecule has 3 amide bonds. The Bertz CT molecular complexity index is 682. The van der Waals surface area contributed by atoms with Gasteiger partial charge in [0.05, 0.1) is 11.8 Å². The highest BCUT2D eigenvalue weighted by Crippen LogP contribution is 2.34. The number of fused-ring (bicyclic) bond motifs is 1. The zero-order valence-corrected chi connectivity index (χ0v) is 15.4. The Morgan fingerprint density at radius 3 is 2.85 bits per heavy atom. The number of benzene rings is 1. The van der Waals surface area contributed by atoms with Gasteiger partial charge < -0.3 is 21.3 Å². The smallest absolute Gasteiger partial charge is 0.230 e. The number of nitrogens with zero attached hydrogens (tertiary/aromatic N) is 1. The summed E-state index contributed by atoms with van der Waals surface area (Å²) < 4.78 is 0. The summed E-state index contributed by atoms with van der Waals surface area (Å²) in [6, 6.07) is 7.40. The third-order valence-electron chi connectivity index (χ3n) is 4.85. The molecule has 0 aromatic heterocycles. The molecule has 0 bridgehead atoms. The van der Waals surface area contributed by atoms with E-state index in [1.165, 1.54) is 0 Å². The molecule has 2 heterocycles. The van der Waals surface area contributed by atoms with Crippen molar-refractivity contribution in [3.8, 4) is 0 Å². The molecule has 8 heteroatoms. The van der Waals surface area contributed by atoms with Gasteiger partial charge in [0.1, 0.15) is 0 Å². The van der Waals surface area contributed by atoms with Gasteiger partial charge in [-0.2, -0.15) is 0 Å². The quantitative estimate of drug-likeness (QED) is 0.720. The predicted molar refractivity (Wildman–Crippen MR) is 101 cm³/mol. The molecule has 0 spiro atoms. The maximum Gasteiger partial charge on any atom is 0.230 e. The van der Waals surface area contributed by atoms with Gasteiger partial charge in [-0.15, -0.1) is 12.4 Å². The number of halogens is 1. The summed E-state index contributed by atoms with van der Waals surface area (Å²) in [6.45, 7) is 1.86. The highest BCUT2D eigenvalue weighted by Gasteiger charge is 2.36. The average molecular weight is 381 g/mol. The van der Waals surface area contributed by atoms with Crippen molar-refractivity contribution in [2.45, 2.75) is 25.2 Å². The maximum atomic E-state index is 13.0. The molecule has 0 saturated carbocycles. The molecular weight excluding hydrogens is 356 g/mol. The van der Waals surface area contributed by atoms with E-state index in [0.29, 0.717) is 31.9 Å².